The highest BCUT2D eigenvalue weighted by Crippen LogP contribution is 2.43. The van der Waals surface area contributed by atoms with Gasteiger partial charge in [-0.1, -0.05) is 6.07 Å². The number of hydrogen-bond acceptors (Lipinski definition) is 15. The van der Waals surface area contributed by atoms with Gasteiger partial charge in [0, 0.05) is 12.1 Å². The van der Waals surface area contributed by atoms with Crippen LogP contribution in [-0.4, -0.2) is 120 Å². The Balaban J connectivity index is 1.30. The van der Waals surface area contributed by atoms with Gasteiger partial charge >= 0.3 is 0 Å². The Morgan fingerprint density at radius 2 is 1.48 bits per heavy atom. The summed E-state index contributed by atoms with van der Waals surface area (Å²) in [7, 11) is 0. The van der Waals surface area contributed by atoms with Gasteiger partial charge in [-0.05, 0) is 24.6 Å². The van der Waals surface area contributed by atoms with Crippen LogP contribution >= 0.6 is 0 Å². The van der Waals surface area contributed by atoms with Gasteiger partial charge in [0.05, 0.1) is 19.1 Å². The van der Waals surface area contributed by atoms with Crippen LogP contribution in [0.4, 0.5) is 0 Å². The number of benzene rings is 2. The van der Waals surface area contributed by atoms with Gasteiger partial charge in [0.2, 0.25) is 6.29 Å². The first-order valence-electron chi connectivity index (χ1n) is 13.1. The van der Waals surface area contributed by atoms with Crippen molar-refractivity contribution in [2.45, 2.75) is 80.9 Å². The van der Waals surface area contributed by atoms with Gasteiger partial charge in [-0.15, -0.1) is 0 Å². The van der Waals surface area contributed by atoms with Crippen molar-refractivity contribution >= 4 is 5.78 Å². The average Bonchev–Trinajstić information content (AvgIpc) is 2.95. The molecule has 15 heteroatoms. The molecule has 0 aliphatic carbocycles. The van der Waals surface area contributed by atoms with Crippen molar-refractivity contribution in [3.05, 3.63) is 41.5 Å². The molecule has 0 unspecified atom stereocenters. The molecule has 5 rings (SSSR count). The van der Waals surface area contributed by atoms with Crippen molar-refractivity contribution in [3.8, 4) is 28.7 Å². The number of aromatic hydroxyl groups is 3. The summed E-state index contributed by atoms with van der Waals surface area (Å²) in [6.07, 6.45) is -16.1. The number of phenolic OH excluding ortho intramolecular Hbond substituents is 3. The van der Waals surface area contributed by atoms with Crippen LogP contribution in [0.3, 0.4) is 0 Å². The maximum Gasteiger partial charge on any atom is 0.229 e. The van der Waals surface area contributed by atoms with Gasteiger partial charge in [-0.25, -0.2) is 0 Å². The predicted octanol–water partition coefficient (Wildman–Crippen LogP) is -1.46. The Kier molecular flexibility index (Phi) is 8.48. The molecule has 2 aromatic rings. The molecule has 0 saturated carbocycles. The van der Waals surface area contributed by atoms with E-state index in [0.29, 0.717) is 5.56 Å². The molecule has 0 spiro atoms. The zero-order valence-corrected chi connectivity index (χ0v) is 22.1. The topological polar surface area (TPSA) is 245 Å². The first kappa shape index (κ1) is 30.2. The SMILES string of the molecule is C[C@@H]1O[C@@H](OC[C@@H]2O[C@H](Oc3cc(O)c4c(c3)O[C@@H](c3ccc(O)c(O)c3)CC4=O)[C@@H](O)[C@@H](O)[C@H]2O)[C@H](O)[C@@H](O)[C@H]1O. The Morgan fingerprint density at radius 3 is 2.19 bits per heavy atom. The third-order valence-corrected chi connectivity index (χ3v) is 7.50. The molecular formula is C27H32O15. The number of rotatable bonds is 6. The summed E-state index contributed by atoms with van der Waals surface area (Å²) in [6, 6.07) is 6.26. The van der Waals surface area contributed by atoms with Crippen molar-refractivity contribution in [2.75, 3.05) is 6.61 Å². The van der Waals surface area contributed by atoms with Gasteiger partial charge in [0.25, 0.3) is 0 Å². The number of carbonyl (C=O) groups excluding carboxylic acids is 1. The van der Waals surface area contributed by atoms with Crippen LogP contribution in [0.5, 0.6) is 28.7 Å². The van der Waals surface area contributed by atoms with Crippen molar-refractivity contribution in [2.24, 2.45) is 0 Å². The summed E-state index contributed by atoms with van der Waals surface area (Å²) >= 11 is 0. The van der Waals surface area contributed by atoms with Gasteiger partial charge in [-0.3, -0.25) is 4.79 Å². The van der Waals surface area contributed by atoms with Crippen molar-refractivity contribution in [3.63, 3.8) is 0 Å². The number of Topliss-reactive ketones (excluding diaryl/α,β-unsaturated/α-hetero) is 1. The van der Waals surface area contributed by atoms with Crippen LogP contribution in [0.25, 0.3) is 0 Å². The molecule has 0 bridgehead atoms. The van der Waals surface area contributed by atoms with E-state index in [9.17, 15) is 50.8 Å². The van der Waals surface area contributed by atoms with E-state index in [0.717, 1.165) is 6.07 Å². The van der Waals surface area contributed by atoms with Crippen LogP contribution in [0, 0.1) is 0 Å². The van der Waals surface area contributed by atoms with E-state index in [-0.39, 0.29) is 29.2 Å². The number of fused-ring (bicyclic) bond motifs is 1. The van der Waals surface area contributed by atoms with E-state index < -0.39 is 91.4 Å². The average molecular weight is 597 g/mol. The van der Waals surface area contributed by atoms with Gasteiger partial charge in [0.1, 0.15) is 71.6 Å². The fourth-order valence-corrected chi connectivity index (χ4v) is 5.04. The van der Waals surface area contributed by atoms with Gasteiger partial charge in [0.15, 0.2) is 23.6 Å². The Hall–Kier alpha value is -3.25. The first-order valence-corrected chi connectivity index (χ1v) is 13.1. The standard InChI is InChI=1S/C27H32O15/c1-9-20(32)22(34)24(36)26(39-9)38-8-18-21(33)23(35)25(37)27(42-18)40-11-5-14(30)19-15(31)7-16(41-17(19)6-11)10-2-3-12(28)13(29)4-10/h2-6,9,16,18,20-30,32-37H,7-8H2,1H3/t9-,16+,18-,20-,21-,22-,23-,24+,25-,26+,27-/m0/s1. The Labute approximate surface area is 238 Å². The van der Waals surface area contributed by atoms with E-state index in [1.54, 1.807) is 0 Å². The minimum Gasteiger partial charge on any atom is -0.507 e. The highest BCUT2D eigenvalue weighted by molar-refractivity contribution is 6.02. The molecule has 3 aliphatic heterocycles. The molecular weight excluding hydrogens is 564 g/mol. The Morgan fingerprint density at radius 1 is 0.786 bits per heavy atom. The second-order valence-corrected chi connectivity index (χ2v) is 10.4. The highest BCUT2D eigenvalue weighted by atomic mass is 16.7. The zero-order valence-electron chi connectivity index (χ0n) is 22.1. The highest BCUT2D eigenvalue weighted by Gasteiger charge is 2.47. The fraction of sp³-hybridized carbons (Fsp3) is 0.519. The van der Waals surface area contributed by atoms with Gasteiger partial charge < -0.3 is 69.6 Å². The van der Waals surface area contributed by atoms with E-state index in [1.165, 1.54) is 31.2 Å². The number of hydrogen-bond donors (Lipinski definition) is 9. The van der Waals surface area contributed by atoms with Crippen molar-refractivity contribution < 1.29 is 74.4 Å². The number of ketones is 1. The first-order chi connectivity index (χ1) is 19.8. The van der Waals surface area contributed by atoms with Crippen LogP contribution in [0.1, 0.15) is 35.4 Å². The molecule has 3 heterocycles. The lowest BCUT2D eigenvalue weighted by molar-refractivity contribution is -0.318. The minimum absolute atomic E-state index is 0.0807. The second-order valence-electron chi connectivity index (χ2n) is 10.4. The molecule has 11 atom stereocenters. The zero-order chi connectivity index (χ0) is 30.5. The van der Waals surface area contributed by atoms with Crippen LogP contribution in [0.2, 0.25) is 0 Å². The van der Waals surface area contributed by atoms with Crippen molar-refractivity contribution in [1.82, 2.24) is 0 Å². The van der Waals surface area contributed by atoms with E-state index in [2.05, 4.69) is 0 Å². The van der Waals surface area contributed by atoms with Crippen LogP contribution in [-0.2, 0) is 14.2 Å². The number of phenols is 3. The number of carbonyl (C=O) groups is 1. The number of ether oxygens (including phenoxy) is 5. The van der Waals surface area contributed by atoms with E-state index in [4.69, 9.17) is 23.7 Å². The Bertz CT molecular complexity index is 1300. The fourth-order valence-electron chi connectivity index (χ4n) is 5.04. The van der Waals surface area contributed by atoms with Crippen LogP contribution in [0.15, 0.2) is 30.3 Å². The number of aliphatic hydroxyl groups is 6. The molecule has 2 saturated heterocycles. The molecule has 42 heavy (non-hydrogen) atoms. The summed E-state index contributed by atoms with van der Waals surface area (Å²) in [6.45, 7) is 0.949. The molecule has 230 valence electrons. The predicted molar refractivity (Wildman–Crippen MR) is 136 cm³/mol. The molecule has 9 N–H and O–H groups in total. The smallest absolute Gasteiger partial charge is 0.229 e. The third kappa shape index (κ3) is 5.70. The largest absolute Gasteiger partial charge is 0.507 e. The quantitative estimate of drug-likeness (QED) is 0.173. The second kappa shape index (κ2) is 11.8. The normalized spacial score (nSPS) is 36.6. The van der Waals surface area contributed by atoms with E-state index in [1.807, 2.05) is 0 Å². The third-order valence-electron chi connectivity index (χ3n) is 7.50. The summed E-state index contributed by atoms with van der Waals surface area (Å²) in [4.78, 5) is 12.8. The molecule has 15 nitrogen and oxygen atoms in total. The summed E-state index contributed by atoms with van der Waals surface area (Å²) in [5.74, 6) is -1.96. The molecule has 0 radical (unpaired) electrons. The van der Waals surface area contributed by atoms with Gasteiger partial charge in [-0.2, -0.15) is 0 Å². The van der Waals surface area contributed by atoms with Crippen molar-refractivity contribution in [1.29, 1.82) is 0 Å². The molecule has 0 aromatic heterocycles. The summed E-state index contributed by atoms with van der Waals surface area (Å²) in [5, 5.41) is 91.3. The lowest BCUT2D eigenvalue weighted by Crippen LogP contribution is -2.61. The summed E-state index contributed by atoms with van der Waals surface area (Å²) in [5.41, 5.74) is 0.255. The lowest BCUT2D eigenvalue weighted by atomic mass is 9.95. The molecule has 3 aliphatic rings. The van der Waals surface area contributed by atoms with Crippen LogP contribution < -0.4 is 9.47 Å². The maximum absolute atomic E-state index is 12.8. The number of aliphatic hydroxyl groups excluding tert-OH is 6. The molecule has 2 aromatic carbocycles. The van der Waals surface area contributed by atoms with E-state index >= 15 is 0 Å². The molecule has 0 amide bonds. The monoisotopic (exact) mass is 596 g/mol. The molecule has 2 fully saturated rings. The lowest BCUT2D eigenvalue weighted by Gasteiger charge is -2.42. The maximum atomic E-state index is 12.8. The minimum atomic E-state index is -1.78. The summed E-state index contributed by atoms with van der Waals surface area (Å²) < 4.78 is 27.9.